The highest BCUT2D eigenvalue weighted by Crippen LogP contribution is 2.09. The standard InChI is InChI=1S/C10H12N2O2/c1-2-3-5-12-6-4-9(13)8(7-11)10(12)14/h4,6,13H,2-3,5H2,1H3. The van der Waals surface area contributed by atoms with Gasteiger partial charge in [0.1, 0.15) is 11.8 Å². The van der Waals surface area contributed by atoms with E-state index in [2.05, 4.69) is 0 Å². The van der Waals surface area contributed by atoms with Crippen LogP contribution in [0.1, 0.15) is 25.3 Å². The lowest BCUT2D eigenvalue weighted by Gasteiger charge is -2.04. The molecule has 0 fully saturated rings. The molecule has 0 spiro atoms. The SMILES string of the molecule is CCCCn1ccc(O)c(C#N)c1=O. The van der Waals surface area contributed by atoms with Crippen molar-refractivity contribution in [3.8, 4) is 11.8 Å². The summed E-state index contributed by atoms with van der Waals surface area (Å²) in [5.41, 5.74) is -0.593. The summed E-state index contributed by atoms with van der Waals surface area (Å²) in [4.78, 5) is 11.5. The van der Waals surface area contributed by atoms with Crippen LogP contribution in [-0.4, -0.2) is 9.67 Å². The van der Waals surface area contributed by atoms with Gasteiger partial charge in [0.25, 0.3) is 5.56 Å². The number of rotatable bonds is 3. The van der Waals surface area contributed by atoms with Crippen molar-refractivity contribution in [2.24, 2.45) is 0 Å². The van der Waals surface area contributed by atoms with Crippen LogP contribution < -0.4 is 5.56 Å². The molecule has 14 heavy (non-hydrogen) atoms. The zero-order chi connectivity index (χ0) is 10.6. The highest BCUT2D eigenvalue weighted by molar-refractivity contribution is 5.39. The first-order chi connectivity index (χ1) is 6.70. The Balaban J connectivity index is 3.11. The summed E-state index contributed by atoms with van der Waals surface area (Å²) in [6.45, 7) is 2.61. The van der Waals surface area contributed by atoms with Gasteiger partial charge in [0, 0.05) is 12.7 Å². The number of aromatic hydroxyl groups is 1. The van der Waals surface area contributed by atoms with Gasteiger partial charge in [0.2, 0.25) is 0 Å². The summed E-state index contributed by atoms with van der Waals surface area (Å²) in [6.07, 6.45) is 3.37. The fourth-order valence-electron chi connectivity index (χ4n) is 1.17. The second kappa shape index (κ2) is 4.47. The van der Waals surface area contributed by atoms with Crippen LogP contribution in [0.15, 0.2) is 17.1 Å². The van der Waals surface area contributed by atoms with Crippen molar-refractivity contribution in [1.82, 2.24) is 4.57 Å². The third kappa shape index (κ3) is 1.94. The van der Waals surface area contributed by atoms with E-state index in [4.69, 9.17) is 5.26 Å². The number of nitriles is 1. The van der Waals surface area contributed by atoms with E-state index in [0.29, 0.717) is 6.54 Å². The van der Waals surface area contributed by atoms with Crippen LogP contribution in [0.4, 0.5) is 0 Å². The predicted octanol–water partition coefficient (Wildman–Crippen LogP) is 1.23. The first-order valence-corrected chi connectivity index (χ1v) is 4.53. The van der Waals surface area contributed by atoms with Crippen LogP contribution in [0, 0.1) is 11.3 Å². The molecule has 1 heterocycles. The Morgan fingerprint density at radius 1 is 1.64 bits per heavy atom. The van der Waals surface area contributed by atoms with Crippen molar-refractivity contribution < 1.29 is 5.11 Å². The van der Waals surface area contributed by atoms with Crippen LogP contribution in [0.25, 0.3) is 0 Å². The second-order valence-corrected chi connectivity index (χ2v) is 3.04. The number of nitrogens with zero attached hydrogens (tertiary/aromatic N) is 2. The van der Waals surface area contributed by atoms with Crippen LogP contribution >= 0.6 is 0 Å². The molecule has 1 aromatic heterocycles. The predicted molar refractivity (Wildman–Crippen MR) is 52.0 cm³/mol. The average molecular weight is 192 g/mol. The molecule has 4 nitrogen and oxygen atoms in total. The van der Waals surface area contributed by atoms with Gasteiger partial charge in [0.05, 0.1) is 0 Å². The molecule has 0 aromatic carbocycles. The van der Waals surface area contributed by atoms with E-state index in [1.807, 2.05) is 6.92 Å². The lowest BCUT2D eigenvalue weighted by atomic mass is 10.2. The quantitative estimate of drug-likeness (QED) is 0.783. The minimum absolute atomic E-state index is 0.177. The molecule has 0 radical (unpaired) electrons. The minimum atomic E-state index is -0.416. The summed E-state index contributed by atoms with van der Waals surface area (Å²) >= 11 is 0. The molecular formula is C10H12N2O2. The number of unbranched alkanes of at least 4 members (excludes halogenated alkanes) is 1. The fourth-order valence-corrected chi connectivity index (χ4v) is 1.17. The minimum Gasteiger partial charge on any atom is -0.506 e. The van der Waals surface area contributed by atoms with Gasteiger partial charge in [-0.2, -0.15) is 5.26 Å². The van der Waals surface area contributed by atoms with E-state index in [1.54, 1.807) is 6.07 Å². The molecule has 0 atom stereocenters. The molecule has 0 aliphatic carbocycles. The lowest BCUT2D eigenvalue weighted by Crippen LogP contribution is -2.21. The Kier molecular flexibility index (Phi) is 3.29. The molecule has 4 heteroatoms. The Bertz CT molecular complexity index is 415. The Morgan fingerprint density at radius 2 is 2.36 bits per heavy atom. The van der Waals surface area contributed by atoms with E-state index >= 15 is 0 Å². The molecule has 1 rings (SSSR count). The number of hydrogen-bond donors (Lipinski definition) is 1. The molecule has 0 saturated heterocycles. The maximum atomic E-state index is 11.5. The van der Waals surface area contributed by atoms with Crippen molar-refractivity contribution in [3.63, 3.8) is 0 Å². The summed E-state index contributed by atoms with van der Waals surface area (Å²) in [5.74, 6) is -0.245. The molecule has 0 aliphatic rings. The molecule has 74 valence electrons. The van der Waals surface area contributed by atoms with E-state index in [-0.39, 0.29) is 11.3 Å². The van der Waals surface area contributed by atoms with Gasteiger partial charge in [-0.1, -0.05) is 13.3 Å². The Morgan fingerprint density at radius 3 is 2.93 bits per heavy atom. The normalized spacial score (nSPS) is 9.71. The molecule has 1 aromatic rings. The molecule has 0 aliphatic heterocycles. The summed E-state index contributed by atoms with van der Waals surface area (Å²) in [5, 5.41) is 17.8. The van der Waals surface area contributed by atoms with Crippen LogP contribution in [0.5, 0.6) is 5.75 Å². The van der Waals surface area contributed by atoms with E-state index in [1.165, 1.54) is 16.8 Å². The van der Waals surface area contributed by atoms with Gasteiger partial charge in [-0.15, -0.1) is 0 Å². The number of hydrogen-bond acceptors (Lipinski definition) is 3. The zero-order valence-electron chi connectivity index (χ0n) is 8.03. The average Bonchev–Trinajstić information content (AvgIpc) is 2.18. The summed E-state index contributed by atoms with van der Waals surface area (Å²) < 4.78 is 1.45. The van der Waals surface area contributed by atoms with Crippen molar-refractivity contribution in [1.29, 1.82) is 5.26 Å². The highest BCUT2D eigenvalue weighted by atomic mass is 16.3. The Labute approximate surface area is 82.0 Å². The third-order valence-corrected chi connectivity index (χ3v) is 2.01. The fraction of sp³-hybridized carbons (Fsp3) is 0.400. The molecule has 0 amide bonds. The topological polar surface area (TPSA) is 66.0 Å². The number of aryl methyl sites for hydroxylation is 1. The van der Waals surface area contributed by atoms with Gasteiger partial charge in [0.15, 0.2) is 5.56 Å². The third-order valence-electron chi connectivity index (χ3n) is 2.01. The molecule has 1 N–H and O–H groups in total. The second-order valence-electron chi connectivity index (χ2n) is 3.04. The number of pyridine rings is 1. The Hall–Kier alpha value is -1.76. The maximum absolute atomic E-state index is 11.5. The first-order valence-electron chi connectivity index (χ1n) is 4.53. The van der Waals surface area contributed by atoms with E-state index in [0.717, 1.165) is 12.8 Å². The van der Waals surface area contributed by atoms with E-state index in [9.17, 15) is 9.90 Å². The first kappa shape index (κ1) is 10.3. The van der Waals surface area contributed by atoms with Gasteiger partial charge in [-0.05, 0) is 12.5 Å². The largest absolute Gasteiger partial charge is 0.506 e. The number of aromatic nitrogens is 1. The van der Waals surface area contributed by atoms with Crippen molar-refractivity contribution >= 4 is 0 Å². The van der Waals surface area contributed by atoms with Gasteiger partial charge >= 0.3 is 0 Å². The van der Waals surface area contributed by atoms with Crippen molar-refractivity contribution in [2.75, 3.05) is 0 Å². The van der Waals surface area contributed by atoms with Crippen LogP contribution in [-0.2, 0) is 6.54 Å². The smallest absolute Gasteiger partial charge is 0.272 e. The zero-order valence-corrected chi connectivity index (χ0v) is 8.03. The van der Waals surface area contributed by atoms with Gasteiger partial charge in [-0.25, -0.2) is 0 Å². The maximum Gasteiger partial charge on any atom is 0.272 e. The van der Waals surface area contributed by atoms with Crippen LogP contribution in [0.2, 0.25) is 0 Å². The summed E-state index contributed by atoms with van der Waals surface area (Å²) in [6, 6.07) is 3.07. The van der Waals surface area contributed by atoms with E-state index < -0.39 is 5.56 Å². The van der Waals surface area contributed by atoms with Gasteiger partial charge in [-0.3, -0.25) is 4.79 Å². The molecular weight excluding hydrogens is 180 g/mol. The van der Waals surface area contributed by atoms with Crippen molar-refractivity contribution in [3.05, 3.63) is 28.2 Å². The lowest BCUT2D eigenvalue weighted by molar-refractivity contribution is 0.467. The van der Waals surface area contributed by atoms with Gasteiger partial charge < -0.3 is 9.67 Å². The molecule has 0 saturated carbocycles. The monoisotopic (exact) mass is 192 g/mol. The molecule has 0 unspecified atom stereocenters. The van der Waals surface area contributed by atoms with Crippen LogP contribution in [0.3, 0.4) is 0 Å². The van der Waals surface area contributed by atoms with Crippen molar-refractivity contribution in [2.45, 2.75) is 26.3 Å². The highest BCUT2D eigenvalue weighted by Gasteiger charge is 2.07. The molecule has 0 bridgehead atoms. The summed E-state index contributed by atoms with van der Waals surface area (Å²) in [7, 11) is 0.